The maximum atomic E-state index is 12.8. The Bertz CT molecular complexity index is 1080. The van der Waals surface area contributed by atoms with Crippen LogP contribution in [-0.2, 0) is 14.6 Å². The summed E-state index contributed by atoms with van der Waals surface area (Å²) in [5.41, 5.74) is 1.41. The number of carbonyl (C=O) groups is 1. The van der Waals surface area contributed by atoms with Crippen molar-refractivity contribution in [3.8, 4) is 11.5 Å². The first-order chi connectivity index (χ1) is 16.6. The molecule has 36 heavy (non-hydrogen) atoms. The summed E-state index contributed by atoms with van der Waals surface area (Å²) in [5, 5.41) is 0.0720. The maximum absolute atomic E-state index is 12.8. The van der Waals surface area contributed by atoms with Crippen molar-refractivity contribution in [1.29, 1.82) is 0 Å². The number of amides is 1. The second-order valence-corrected chi connectivity index (χ2v) is 17.7. The van der Waals surface area contributed by atoms with Crippen LogP contribution in [-0.4, -0.2) is 57.8 Å². The van der Waals surface area contributed by atoms with Crippen molar-refractivity contribution in [3.63, 3.8) is 0 Å². The van der Waals surface area contributed by atoms with Gasteiger partial charge in [0.2, 0.25) is 0 Å². The molecule has 3 aliphatic rings. The van der Waals surface area contributed by atoms with Crippen molar-refractivity contribution in [2.45, 2.75) is 89.3 Å². The first kappa shape index (κ1) is 26.8. The van der Waals surface area contributed by atoms with Gasteiger partial charge in [-0.25, -0.2) is 4.79 Å². The molecular formula is C29H43NO5Si. The summed E-state index contributed by atoms with van der Waals surface area (Å²) in [5.74, 6) is 1.68. The van der Waals surface area contributed by atoms with Gasteiger partial charge in [0, 0.05) is 25.1 Å². The zero-order chi connectivity index (χ0) is 26.7. The van der Waals surface area contributed by atoms with E-state index in [1.54, 1.807) is 12.0 Å². The van der Waals surface area contributed by atoms with Gasteiger partial charge in [-0.1, -0.05) is 51.1 Å². The number of rotatable bonds is 6. The van der Waals surface area contributed by atoms with Gasteiger partial charge < -0.3 is 23.5 Å². The average Bonchev–Trinajstić information content (AvgIpc) is 3.12. The number of methoxy groups -OCH3 is 1. The standard InChI is InChI=1S/C29H43NO5Si/c1-27(2,3)34-26(31)30(7)18-17-29-20-13-11-19-12-15-21(32-8)24(23(19)29)33-25(29)22(16-14-20)35-36(9,10)28(4,5)6/h11-16,20,22,25H,17-18H2,1-10H3/t20-,22+,25+,29-/m0/s1. The lowest BCUT2D eigenvalue weighted by molar-refractivity contribution is 0.00671. The summed E-state index contributed by atoms with van der Waals surface area (Å²) in [6, 6.07) is 4.09. The fraction of sp³-hybridized carbons (Fsp3) is 0.621. The molecule has 0 aromatic heterocycles. The minimum Gasteiger partial charge on any atom is -0.493 e. The fourth-order valence-electron chi connectivity index (χ4n) is 5.35. The smallest absolute Gasteiger partial charge is 0.410 e. The van der Waals surface area contributed by atoms with Crippen LogP contribution in [0.1, 0.15) is 59.1 Å². The molecule has 1 aliphatic heterocycles. The van der Waals surface area contributed by atoms with Gasteiger partial charge in [-0.15, -0.1) is 0 Å². The molecule has 6 nitrogen and oxygen atoms in total. The van der Waals surface area contributed by atoms with Crippen LogP contribution < -0.4 is 9.47 Å². The van der Waals surface area contributed by atoms with Crippen molar-refractivity contribution in [2.24, 2.45) is 5.92 Å². The number of nitrogens with zero attached hydrogens (tertiary/aromatic N) is 1. The molecule has 0 saturated carbocycles. The topological polar surface area (TPSA) is 57.2 Å². The molecule has 0 saturated heterocycles. The summed E-state index contributed by atoms with van der Waals surface area (Å²) in [6.45, 7) is 17.5. The zero-order valence-corrected chi connectivity index (χ0v) is 24.6. The predicted molar refractivity (Wildman–Crippen MR) is 146 cm³/mol. The Hall–Kier alpha value is -2.25. The van der Waals surface area contributed by atoms with Gasteiger partial charge in [-0.3, -0.25) is 0 Å². The number of benzene rings is 1. The summed E-state index contributed by atoms with van der Waals surface area (Å²) >= 11 is 0. The Morgan fingerprint density at radius 2 is 1.81 bits per heavy atom. The second kappa shape index (κ2) is 8.94. The molecule has 2 aliphatic carbocycles. The van der Waals surface area contributed by atoms with Crippen LogP contribution >= 0.6 is 0 Å². The van der Waals surface area contributed by atoms with E-state index in [2.05, 4.69) is 64.2 Å². The minimum atomic E-state index is -2.08. The molecule has 1 amide bonds. The quantitative estimate of drug-likeness (QED) is 0.319. The highest BCUT2D eigenvalue weighted by molar-refractivity contribution is 6.74. The predicted octanol–water partition coefficient (Wildman–Crippen LogP) is 6.55. The second-order valence-electron chi connectivity index (χ2n) is 12.9. The van der Waals surface area contributed by atoms with E-state index in [0.717, 1.165) is 23.5 Å². The molecule has 0 unspecified atom stereocenters. The van der Waals surface area contributed by atoms with E-state index in [1.807, 2.05) is 33.9 Å². The van der Waals surface area contributed by atoms with Crippen LogP contribution in [0.3, 0.4) is 0 Å². The zero-order valence-electron chi connectivity index (χ0n) is 23.6. The Labute approximate surface area is 217 Å². The van der Waals surface area contributed by atoms with Gasteiger partial charge in [0.1, 0.15) is 17.8 Å². The van der Waals surface area contributed by atoms with E-state index in [1.165, 1.54) is 5.56 Å². The molecule has 1 heterocycles. The lowest BCUT2D eigenvalue weighted by Crippen LogP contribution is -2.57. The van der Waals surface area contributed by atoms with E-state index in [0.29, 0.717) is 6.54 Å². The summed E-state index contributed by atoms with van der Waals surface area (Å²) in [7, 11) is 1.41. The number of hydrogen-bond donors (Lipinski definition) is 0. The molecule has 1 aromatic rings. The Morgan fingerprint density at radius 3 is 2.42 bits per heavy atom. The summed E-state index contributed by atoms with van der Waals surface area (Å²) in [4.78, 5) is 14.5. The van der Waals surface area contributed by atoms with E-state index < -0.39 is 13.9 Å². The van der Waals surface area contributed by atoms with Gasteiger partial charge >= 0.3 is 6.09 Å². The van der Waals surface area contributed by atoms with Crippen LogP contribution in [0.5, 0.6) is 11.5 Å². The van der Waals surface area contributed by atoms with Crippen LogP contribution in [0.2, 0.25) is 18.1 Å². The maximum Gasteiger partial charge on any atom is 0.410 e. The summed E-state index contributed by atoms with van der Waals surface area (Å²) in [6.07, 6.45) is 8.92. The molecule has 0 fully saturated rings. The molecule has 0 bridgehead atoms. The Morgan fingerprint density at radius 1 is 1.11 bits per heavy atom. The van der Waals surface area contributed by atoms with E-state index >= 15 is 0 Å². The van der Waals surface area contributed by atoms with E-state index in [9.17, 15) is 4.79 Å². The normalized spacial score (nSPS) is 26.3. The third-order valence-corrected chi connectivity index (χ3v) is 12.8. The van der Waals surface area contributed by atoms with E-state index in [-0.39, 0.29) is 34.7 Å². The number of allylic oxidation sites excluding steroid dienone is 2. The number of carbonyl (C=O) groups excluding carboxylic acids is 1. The third kappa shape index (κ3) is 4.49. The van der Waals surface area contributed by atoms with Crippen molar-refractivity contribution in [3.05, 3.63) is 41.5 Å². The molecule has 1 aromatic carbocycles. The van der Waals surface area contributed by atoms with E-state index in [4.69, 9.17) is 18.6 Å². The van der Waals surface area contributed by atoms with Crippen LogP contribution in [0.4, 0.5) is 4.79 Å². The van der Waals surface area contributed by atoms with Crippen molar-refractivity contribution in [1.82, 2.24) is 4.90 Å². The highest BCUT2D eigenvalue weighted by Crippen LogP contribution is 2.60. The van der Waals surface area contributed by atoms with Crippen LogP contribution in [0.15, 0.2) is 30.4 Å². The van der Waals surface area contributed by atoms with Crippen molar-refractivity contribution >= 4 is 20.5 Å². The fourth-order valence-corrected chi connectivity index (χ4v) is 6.58. The molecule has 0 N–H and O–H groups in total. The van der Waals surface area contributed by atoms with Crippen LogP contribution in [0, 0.1) is 5.92 Å². The molecule has 0 radical (unpaired) electrons. The largest absolute Gasteiger partial charge is 0.493 e. The monoisotopic (exact) mass is 513 g/mol. The third-order valence-electron chi connectivity index (χ3n) is 8.28. The first-order valence-electron chi connectivity index (χ1n) is 13.0. The van der Waals surface area contributed by atoms with Gasteiger partial charge in [0.25, 0.3) is 0 Å². The van der Waals surface area contributed by atoms with Crippen molar-refractivity contribution in [2.75, 3.05) is 20.7 Å². The Balaban J connectivity index is 1.75. The molecule has 198 valence electrons. The van der Waals surface area contributed by atoms with Gasteiger partial charge in [0.05, 0.1) is 12.5 Å². The SMILES string of the molecule is COc1ccc2c3c1O[C@@H]1[C@H](O[Si](C)(C)C(C)(C)C)C=C[C@H](C=C2)[C@@]31CCN(C)C(=O)OC(C)(C)C. The van der Waals surface area contributed by atoms with Gasteiger partial charge in [0.15, 0.2) is 19.8 Å². The van der Waals surface area contributed by atoms with Crippen LogP contribution in [0.25, 0.3) is 6.08 Å². The van der Waals surface area contributed by atoms with Crippen molar-refractivity contribution < 1.29 is 23.4 Å². The summed E-state index contributed by atoms with van der Waals surface area (Å²) < 4.78 is 25.2. The Kier molecular flexibility index (Phi) is 6.66. The number of ether oxygens (including phenoxy) is 3. The first-order valence-corrected chi connectivity index (χ1v) is 15.9. The molecule has 4 atom stereocenters. The lowest BCUT2D eigenvalue weighted by atomic mass is 9.59. The lowest BCUT2D eigenvalue weighted by Gasteiger charge is -2.49. The molecule has 4 rings (SSSR count). The highest BCUT2D eigenvalue weighted by atomic mass is 28.4. The highest BCUT2D eigenvalue weighted by Gasteiger charge is 2.60. The molecule has 0 spiro atoms. The van der Waals surface area contributed by atoms with Gasteiger partial charge in [-0.2, -0.15) is 0 Å². The number of hydrogen-bond acceptors (Lipinski definition) is 5. The minimum absolute atomic E-state index is 0.0720. The molecule has 7 heteroatoms. The molecular weight excluding hydrogens is 470 g/mol. The van der Waals surface area contributed by atoms with Gasteiger partial charge in [-0.05, 0) is 57.0 Å². The average molecular weight is 514 g/mol.